The molecule has 21 heavy (non-hydrogen) atoms. The summed E-state index contributed by atoms with van der Waals surface area (Å²) in [7, 11) is 0. The van der Waals surface area contributed by atoms with E-state index in [1.54, 1.807) is 12.1 Å². The summed E-state index contributed by atoms with van der Waals surface area (Å²) in [5, 5.41) is 1.43. The second-order valence-corrected chi connectivity index (χ2v) is 5.33. The zero-order chi connectivity index (χ0) is 15.0. The van der Waals surface area contributed by atoms with Crippen molar-refractivity contribution in [2.45, 2.75) is 12.6 Å². The van der Waals surface area contributed by atoms with Gasteiger partial charge in [0.25, 0.3) is 0 Å². The summed E-state index contributed by atoms with van der Waals surface area (Å²) in [5.74, 6) is 0. The first-order valence-corrected chi connectivity index (χ1v) is 6.73. The maximum absolute atomic E-state index is 12.7. The number of aromatic nitrogens is 1. The van der Waals surface area contributed by atoms with Gasteiger partial charge < -0.3 is 4.98 Å². The molecule has 0 saturated heterocycles. The minimum Gasteiger partial charge on any atom is -0.358 e. The first kappa shape index (κ1) is 14.0. The van der Waals surface area contributed by atoms with Gasteiger partial charge in [-0.1, -0.05) is 29.8 Å². The van der Waals surface area contributed by atoms with Crippen LogP contribution < -0.4 is 0 Å². The third-order valence-corrected chi connectivity index (χ3v) is 3.57. The van der Waals surface area contributed by atoms with Crippen molar-refractivity contribution < 1.29 is 13.2 Å². The van der Waals surface area contributed by atoms with E-state index in [0.717, 1.165) is 28.8 Å². The molecule has 0 aliphatic heterocycles. The number of hydrogen-bond donors (Lipinski definition) is 1. The highest BCUT2D eigenvalue weighted by atomic mass is 35.5. The van der Waals surface area contributed by atoms with E-state index in [2.05, 4.69) is 4.98 Å². The van der Waals surface area contributed by atoms with Gasteiger partial charge in [0.2, 0.25) is 0 Å². The lowest BCUT2D eigenvalue weighted by Gasteiger charge is -2.05. The van der Waals surface area contributed by atoms with E-state index in [1.165, 1.54) is 6.07 Å². The van der Waals surface area contributed by atoms with Crippen molar-refractivity contribution in [2.24, 2.45) is 0 Å². The summed E-state index contributed by atoms with van der Waals surface area (Å²) in [6.07, 6.45) is -3.71. The van der Waals surface area contributed by atoms with Crippen LogP contribution in [0.15, 0.2) is 48.5 Å². The monoisotopic (exact) mass is 309 g/mol. The summed E-state index contributed by atoms with van der Waals surface area (Å²) >= 11 is 5.82. The molecule has 0 bridgehead atoms. The van der Waals surface area contributed by atoms with Crippen molar-refractivity contribution in [2.75, 3.05) is 0 Å². The van der Waals surface area contributed by atoms with Gasteiger partial charge in [0, 0.05) is 22.7 Å². The first-order chi connectivity index (χ1) is 9.91. The molecular weight excluding hydrogens is 299 g/mol. The highest BCUT2D eigenvalue weighted by Crippen LogP contribution is 2.31. The number of hydrogen-bond acceptors (Lipinski definition) is 0. The lowest BCUT2D eigenvalue weighted by Crippen LogP contribution is -2.03. The van der Waals surface area contributed by atoms with Crippen LogP contribution in [-0.2, 0) is 12.6 Å². The van der Waals surface area contributed by atoms with E-state index in [0.29, 0.717) is 17.0 Å². The average molecular weight is 310 g/mol. The molecule has 1 aromatic heterocycles. The van der Waals surface area contributed by atoms with E-state index in [4.69, 9.17) is 11.6 Å². The van der Waals surface area contributed by atoms with Gasteiger partial charge in [-0.05, 0) is 41.3 Å². The summed E-state index contributed by atoms with van der Waals surface area (Å²) in [6, 6.07) is 13.0. The van der Waals surface area contributed by atoms with Crippen LogP contribution in [-0.4, -0.2) is 4.98 Å². The van der Waals surface area contributed by atoms with Gasteiger partial charge in [0.05, 0.1) is 5.56 Å². The van der Waals surface area contributed by atoms with Gasteiger partial charge in [0.1, 0.15) is 0 Å². The first-order valence-electron chi connectivity index (χ1n) is 6.35. The molecule has 108 valence electrons. The third kappa shape index (κ3) is 3.05. The normalized spacial score (nSPS) is 12.0. The number of nitrogens with one attached hydrogen (secondary N) is 1. The van der Waals surface area contributed by atoms with Crippen molar-refractivity contribution in [3.63, 3.8) is 0 Å². The molecule has 0 atom stereocenters. The number of aromatic amines is 1. The Labute approximate surface area is 124 Å². The van der Waals surface area contributed by atoms with E-state index in [9.17, 15) is 13.2 Å². The van der Waals surface area contributed by atoms with Gasteiger partial charge in [-0.25, -0.2) is 0 Å². The SMILES string of the molecule is FC(F)(F)c1ccc2cc(Cc3ccc(Cl)cc3)[nH]c2c1. The van der Waals surface area contributed by atoms with Crippen molar-refractivity contribution in [3.8, 4) is 0 Å². The van der Waals surface area contributed by atoms with Crippen molar-refractivity contribution in [1.82, 2.24) is 4.98 Å². The lowest BCUT2D eigenvalue weighted by molar-refractivity contribution is -0.137. The molecule has 0 aliphatic carbocycles. The highest BCUT2D eigenvalue weighted by molar-refractivity contribution is 6.30. The number of H-pyrrole nitrogens is 1. The highest BCUT2D eigenvalue weighted by Gasteiger charge is 2.30. The fourth-order valence-corrected chi connectivity index (χ4v) is 2.41. The molecule has 0 fully saturated rings. The standard InChI is InChI=1S/C16H11ClF3N/c17-13-5-1-10(2-6-13)7-14-8-11-3-4-12(16(18,19)20)9-15(11)21-14/h1-6,8-9,21H,7H2. The third-order valence-electron chi connectivity index (χ3n) is 3.31. The Morgan fingerprint density at radius 2 is 1.67 bits per heavy atom. The Morgan fingerprint density at radius 3 is 2.33 bits per heavy atom. The molecule has 0 radical (unpaired) electrons. The predicted molar refractivity (Wildman–Crippen MR) is 77.6 cm³/mol. The smallest absolute Gasteiger partial charge is 0.358 e. The van der Waals surface area contributed by atoms with Gasteiger partial charge in [-0.2, -0.15) is 13.2 Å². The molecule has 5 heteroatoms. The van der Waals surface area contributed by atoms with Crippen molar-refractivity contribution in [3.05, 3.63) is 70.4 Å². The topological polar surface area (TPSA) is 15.8 Å². The zero-order valence-electron chi connectivity index (χ0n) is 10.8. The molecular formula is C16H11ClF3N. The van der Waals surface area contributed by atoms with Crippen LogP contribution in [0.5, 0.6) is 0 Å². The average Bonchev–Trinajstić information content (AvgIpc) is 2.81. The summed E-state index contributed by atoms with van der Waals surface area (Å²) in [4.78, 5) is 3.04. The van der Waals surface area contributed by atoms with Gasteiger partial charge in [-0.15, -0.1) is 0 Å². The van der Waals surface area contributed by atoms with Crippen molar-refractivity contribution in [1.29, 1.82) is 0 Å². The minimum atomic E-state index is -4.32. The molecule has 0 unspecified atom stereocenters. The minimum absolute atomic E-state index is 0.494. The maximum Gasteiger partial charge on any atom is 0.416 e. The predicted octanol–water partition coefficient (Wildman–Crippen LogP) is 5.43. The van der Waals surface area contributed by atoms with Gasteiger partial charge >= 0.3 is 6.18 Å². The van der Waals surface area contributed by atoms with Crippen LogP contribution >= 0.6 is 11.6 Å². The largest absolute Gasteiger partial charge is 0.416 e. The summed E-state index contributed by atoms with van der Waals surface area (Å²) < 4.78 is 38.0. The quantitative estimate of drug-likeness (QED) is 0.649. The number of fused-ring (bicyclic) bond motifs is 1. The van der Waals surface area contributed by atoms with Crippen LogP contribution in [0.4, 0.5) is 13.2 Å². The van der Waals surface area contributed by atoms with Crippen LogP contribution in [0.1, 0.15) is 16.8 Å². The number of benzene rings is 2. The molecule has 2 aromatic carbocycles. The van der Waals surface area contributed by atoms with Crippen molar-refractivity contribution >= 4 is 22.5 Å². The molecule has 0 saturated carbocycles. The molecule has 1 N–H and O–H groups in total. The summed E-state index contributed by atoms with van der Waals surface area (Å²) in [5.41, 5.74) is 1.76. The second-order valence-electron chi connectivity index (χ2n) is 4.90. The fourth-order valence-electron chi connectivity index (χ4n) is 2.28. The molecule has 3 aromatic rings. The Bertz CT molecular complexity index is 772. The Morgan fingerprint density at radius 1 is 0.952 bits per heavy atom. The van der Waals surface area contributed by atoms with Crippen LogP contribution in [0.3, 0.4) is 0 Å². The van der Waals surface area contributed by atoms with E-state index >= 15 is 0 Å². The molecule has 3 rings (SSSR count). The molecule has 1 nitrogen and oxygen atoms in total. The van der Waals surface area contributed by atoms with Crippen LogP contribution in [0.25, 0.3) is 10.9 Å². The van der Waals surface area contributed by atoms with Crippen LogP contribution in [0, 0.1) is 0 Å². The summed E-state index contributed by atoms with van der Waals surface area (Å²) in [6.45, 7) is 0. The van der Waals surface area contributed by atoms with E-state index in [1.807, 2.05) is 18.2 Å². The Balaban J connectivity index is 1.92. The second kappa shape index (κ2) is 5.11. The number of alkyl halides is 3. The Hall–Kier alpha value is -1.94. The van der Waals surface area contributed by atoms with Crippen LogP contribution in [0.2, 0.25) is 5.02 Å². The maximum atomic E-state index is 12.7. The molecule has 0 spiro atoms. The van der Waals surface area contributed by atoms with E-state index < -0.39 is 11.7 Å². The number of halogens is 4. The fraction of sp³-hybridized carbons (Fsp3) is 0.125. The number of rotatable bonds is 2. The van der Waals surface area contributed by atoms with Gasteiger partial charge in [0.15, 0.2) is 0 Å². The zero-order valence-corrected chi connectivity index (χ0v) is 11.6. The van der Waals surface area contributed by atoms with E-state index in [-0.39, 0.29) is 0 Å². The molecule has 0 amide bonds. The lowest BCUT2D eigenvalue weighted by atomic mass is 10.1. The molecule has 1 heterocycles. The van der Waals surface area contributed by atoms with Gasteiger partial charge in [-0.3, -0.25) is 0 Å². The molecule has 0 aliphatic rings. The Kier molecular flexibility index (Phi) is 3.41.